The first kappa shape index (κ1) is 12.7. The standard InChI is InChI=1S/C15H20N2O/c1-11(2)7-10-17-14(18)15(8-9-15)12-3-5-13(16)6-4-12/h3-7H,8-10,16H2,1-2H3,(H,17,18). The number of carbonyl (C=O) groups excluding carboxylic acids is 1. The Balaban J connectivity index is 2.05. The predicted octanol–water partition coefficient (Wildman–Crippen LogP) is 2.38. The molecule has 0 aliphatic heterocycles. The first-order valence-electron chi connectivity index (χ1n) is 6.32. The quantitative estimate of drug-likeness (QED) is 0.631. The van der Waals surface area contributed by atoms with E-state index in [4.69, 9.17) is 5.73 Å². The molecule has 1 aromatic rings. The average Bonchev–Trinajstić information content (AvgIpc) is 3.10. The third-order valence-electron chi connectivity index (χ3n) is 3.42. The van der Waals surface area contributed by atoms with Crippen molar-refractivity contribution in [2.75, 3.05) is 12.3 Å². The summed E-state index contributed by atoms with van der Waals surface area (Å²) < 4.78 is 0. The van der Waals surface area contributed by atoms with Crippen LogP contribution in [0.25, 0.3) is 0 Å². The molecule has 2 rings (SSSR count). The number of rotatable bonds is 4. The maximum atomic E-state index is 12.2. The molecule has 1 amide bonds. The second-order valence-corrected chi connectivity index (χ2v) is 5.20. The minimum Gasteiger partial charge on any atom is -0.399 e. The molecule has 1 aliphatic rings. The van der Waals surface area contributed by atoms with Gasteiger partial charge < -0.3 is 11.1 Å². The number of benzene rings is 1. The molecule has 96 valence electrons. The highest BCUT2D eigenvalue weighted by atomic mass is 16.2. The zero-order chi connectivity index (χ0) is 13.2. The zero-order valence-corrected chi connectivity index (χ0v) is 11.0. The fourth-order valence-corrected chi connectivity index (χ4v) is 2.09. The van der Waals surface area contributed by atoms with Gasteiger partial charge >= 0.3 is 0 Å². The Morgan fingerprint density at radius 1 is 1.33 bits per heavy atom. The van der Waals surface area contributed by atoms with Crippen molar-refractivity contribution in [3.8, 4) is 0 Å². The first-order chi connectivity index (χ1) is 8.54. The van der Waals surface area contributed by atoms with Gasteiger partial charge in [0, 0.05) is 12.2 Å². The molecular weight excluding hydrogens is 224 g/mol. The number of hydrogen-bond acceptors (Lipinski definition) is 2. The first-order valence-corrected chi connectivity index (χ1v) is 6.32. The highest BCUT2D eigenvalue weighted by Crippen LogP contribution is 2.48. The average molecular weight is 244 g/mol. The molecule has 0 atom stereocenters. The molecular formula is C15H20N2O. The molecule has 0 bridgehead atoms. The van der Waals surface area contributed by atoms with Gasteiger partial charge in [-0.2, -0.15) is 0 Å². The van der Waals surface area contributed by atoms with Crippen LogP contribution >= 0.6 is 0 Å². The summed E-state index contributed by atoms with van der Waals surface area (Å²) >= 11 is 0. The van der Waals surface area contributed by atoms with E-state index < -0.39 is 0 Å². The third-order valence-corrected chi connectivity index (χ3v) is 3.42. The fraction of sp³-hybridized carbons (Fsp3) is 0.400. The smallest absolute Gasteiger partial charge is 0.230 e. The van der Waals surface area contributed by atoms with Crippen LogP contribution in [0.4, 0.5) is 5.69 Å². The van der Waals surface area contributed by atoms with Crippen molar-refractivity contribution < 1.29 is 4.79 Å². The number of allylic oxidation sites excluding steroid dienone is 1. The van der Waals surface area contributed by atoms with Gasteiger partial charge in [0.15, 0.2) is 0 Å². The molecule has 0 radical (unpaired) electrons. The van der Waals surface area contributed by atoms with Crippen LogP contribution in [0.2, 0.25) is 0 Å². The lowest BCUT2D eigenvalue weighted by atomic mass is 9.95. The monoisotopic (exact) mass is 244 g/mol. The molecule has 1 fully saturated rings. The van der Waals surface area contributed by atoms with E-state index in [9.17, 15) is 4.79 Å². The Morgan fingerprint density at radius 2 is 1.94 bits per heavy atom. The fourth-order valence-electron chi connectivity index (χ4n) is 2.09. The van der Waals surface area contributed by atoms with Crippen molar-refractivity contribution in [1.29, 1.82) is 0 Å². The van der Waals surface area contributed by atoms with Gasteiger partial charge in [-0.3, -0.25) is 4.79 Å². The number of amides is 1. The van der Waals surface area contributed by atoms with Gasteiger partial charge in [-0.15, -0.1) is 0 Å². The molecule has 0 unspecified atom stereocenters. The minimum atomic E-state index is -0.302. The SMILES string of the molecule is CC(C)=CCNC(=O)C1(c2ccc(N)cc2)CC1. The Morgan fingerprint density at radius 3 is 2.44 bits per heavy atom. The number of nitrogens with two attached hydrogens (primary N) is 1. The number of anilines is 1. The van der Waals surface area contributed by atoms with Crippen LogP contribution in [-0.2, 0) is 10.2 Å². The van der Waals surface area contributed by atoms with Gasteiger partial charge in [-0.25, -0.2) is 0 Å². The van der Waals surface area contributed by atoms with Crippen LogP contribution in [0, 0.1) is 0 Å². The molecule has 3 nitrogen and oxygen atoms in total. The summed E-state index contributed by atoms with van der Waals surface area (Å²) in [5.41, 5.74) is 8.40. The van der Waals surface area contributed by atoms with Gasteiger partial charge in [0.1, 0.15) is 0 Å². The van der Waals surface area contributed by atoms with Gasteiger partial charge in [0.25, 0.3) is 0 Å². The van der Waals surface area contributed by atoms with Crippen LogP contribution in [0.15, 0.2) is 35.9 Å². The van der Waals surface area contributed by atoms with E-state index in [2.05, 4.69) is 5.32 Å². The number of carbonyl (C=O) groups is 1. The lowest BCUT2D eigenvalue weighted by Crippen LogP contribution is -2.34. The molecule has 0 saturated heterocycles. The third kappa shape index (κ3) is 2.55. The summed E-state index contributed by atoms with van der Waals surface area (Å²) in [6, 6.07) is 7.64. The van der Waals surface area contributed by atoms with Crippen molar-refractivity contribution in [2.24, 2.45) is 0 Å². The predicted molar refractivity (Wildman–Crippen MR) is 74.2 cm³/mol. The van der Waals surface area contributed by atoms with Crippen LogP contribution in [0.5, 0.6) is 0 Å². The minimum absolute atomic E-state index is 0.129. The van der Waals surface area contributed by atoms with Crippen molar-refractivity contribution >= 4 is 11.6 Å². The van der Waals surface area contributed by atoms with Crippen LogP contribution in [-0.4, -0.2) is 12.5 Å². The van der Waals surface area contributed by atoms with Crippen LogP contribution in [0.1, 0.15) is 32.3 Å². The number of nitrogens with one attached hydrogen (secondary N) is 1. The van der Waals surface area contributed by atoms with E-state index >= 15 is 0 Å². The summed E-state index contributed by atoms with van der Waals surface area (Å²) in [5.74, 6) is 0.129. The largest absolute Gasteiger partial charge is 0.399 e. The van der Waals surface area contributed by atoms with E-state index in [-0.39, 0.29) is 11.3 Å². The highest BCUT2D eigenvalue weighted by molar-refractivity contribution is 5.91. The molecule has 0 aromatic heterocycles. The highest BCUT2D eigenvalue weighted by Gasteiger charge is 2.50. The second kappa shape index (κ2) is 4.84. The lowest BCUT2D eigenvalue weighted by Gasteiger charge is -2.15. The molecule has 1 aliphatic carbocycles. The maximum Gasteiger partial charge on any atom is 0.230 e. The van der Waals surface area contributed by atoms with Gasteiger partial charge in [0.05, 0.1) is 5.41 Å². The molecule has 1 saturated carbocycles. The normalized spacial score (nSPS) is 15.9. The summed E-state index contributed by atoms with van der Waals surface area (Å²) in [5, 5.41) is 2.98. The Bertz CT molecular complexity index is 466. The van der Waals surface area contributed by atoms with Crippen LogP contribution < -0.4 is 11.1 Å². The second-order valence-electron chi connectivity index (χ2n) is 5.20. The van der Waals surface area contributed by atoms with Crippen molar-refractivity contribution in [3.63, 3.8) is 0 Å². The van der Waals surface area contributed by atoms with E-state index in [0.29, 0.717) is 6.54 Å². The topological polar surface area (TPSA) is 55.1 Å². The summed E-state index contributed by atoms with van der Waals surface area (Å²) in [6.07, 6.45) is 3.88. The molecule has 3 N–H and O–H groups in total. The summed E-state index contributed by atoms with van der Waals surface area (Å²) in [4.78, 5) is 12.2. The van der Waals surface area contributed by atoms with Gasteiger partial charge in [-0.1, -0.05) is 23.8 Å². The summed E-state index contributed by atoms with van der Waals surface area (Å²) in [7, 11) is 0. The summed E-state index contributed by atoms with van der Waals surface area (Å²) in [6.45, 7) is 4.66. The van der Waals surface area contributed by atoms with E-state index in [0.717, 1.165) is 24.1 Å². The van der Waals surface area contributed by atoms with E-state index in [1.165, 1.54) is 5.57 Å². The lowest BCUT2D eigenvalue weighted by molar-refractivity contribution is -0.123. The van der Waals surface area contributed by atoms with Crippen molar-refractivity contribution in [1.82, 2.24) is 5.32 Å². The molecule has 3 heteroatoms. The number of hydrogen-bond donors (Lipinski definition) is 2. The Hall–Kier alpha value is -1.77. The van der Waals surface area contributed by atoms with Crippen molar-refractivity contribution in [3.05, 3.63) is 41.5 Å². The molecule has 1 aromatic carbocycles. The molecule has 0 heterocycles. The van der Waals surface area contributed by atoms with Gasteiger partial charge in [0.2, 0.25) is 5.91 Å². The van der Waals surface area contributed by atoms with Crippen molar-refractivity contribution in [2.45, 2.75) is 32.1 Å². The van der Waals surface area contributed by atoms with E-state index in [1.54, 1.807) is 0 Å². The molecule has 0 spiro atoms. The Labute approximate surface area is 108 Å². The van der Waals surface area contributed by atoms with Crippen LogP contribution in [0.3, 0.4) is 0 Å². The zero-order valence-electron chi connectivity index (χ0n) is 11.0. The molecule has 18 heavy (non-hydrogen) atoms. The Kier molecular flexibility index (Phi) is 3.41. The maximum absolute atomic E-state index is 12.2. The number of nitrogen functional groups attached to an aromatic ring is 1. The van der Waals surface area contributed by atoms with E-state index in [1.807, 2.05) is 44.2 Å². The van der Waals surface area contributed by atoms with Gasteiger partial charge in [-0.05, 0) is 44.4 Å².